The molecule has 5 rings (SSSR count). The van der Waals surface area contributed by atoms with Crippen LogP contribution in [0.1, 0.15) is 29.8 Å². The minimum absolute atomic E-state index is 0.0626. The Hall–Kier alpha value is -3.49. The molecule has 1 saturated heterocycles. The molecule has 0 radical (unpaired) electrons. The molecule has 166 valence electrons. The summed E-state index contributed by atoms with van der Waals surface area (Å²) >= 11 is 0. The highest BCUT2D eigenvalue weighted by molar-refractivity contribution is 5.84. The third kappa shape index (κ3) is 3.68. The molecule has 1 spiro atoms. The van der Waals surface area contributed by atoms with Gasteiger partial charge in [-0.3, -0.25) is 0 Å². The van der Waals surface area contributed by atoms with Crippen molar-refractivity contribution >= 4 is 29.2 Å². The number of anilines is 4. The van der Waals surface area contributed by atoms with Crippen LogP contribution in [0.2, 0.25) is 0 Å². The first kappa shape index (κ1) is 20.4. The fourth-order valence-electron chi connectivity index (χ4n) is 4.77. The number of nitrogens with one attached hydrogen (secondary N) is 2. The lowest BCUT2D eigenvalue weighted by atomic mass is 9.80. The van der Waals surface area contributed by atoms with E-state index in [4.69, 9.17) is 20.1 Å². The molecule has 2 N–H and O–H groups in total. The fraction of sp³-hybridized carbons (Fsp3) is 0.435. The molecule has 4 heterocycles. The normalized spacial score (nSPS) is 18.5. The minimum Gasteiger partial charge on any atom is -0.501 e. The van der Waals surface area contributed by atoms with Crippen molar-refractivity contribution in [3.63, 3.8) is 0 Å². The van der Waals surface area contributed by atoms with E-state index in [0.29, 0.717) is 23.0 Å². The molecule has 0 saturated carbocycles. The van der Waals surface area contributed by atoms with Crippen LogP contribution >= 0.6 is 0 Å². The van der Waals surface area contributed by atoms with Crippen molar-refractivity contribution in [1.82, 2.24) is 9.97 Å². The smallest absolute Gasteiger partial charge is 0.158 e. The largest absolute Gasteiger partial charge is 0.501 e. The lowest BCUT2D eigenvalue weighted by molar-refractivity contribution is 0.160. The van der Waals surface area contributed by atoms with E-state index in [1.807, 2.05) is 6.07 Å². The zero-order valence-corrected chi connectivity index (χ0v) is 18.2. The van der Waals surface area contributed by atoms with Gasteiger partial charge >= 0.3 is 0 Å². The highest BCUT2D eigenvalue weighted by Gasteiger charge is 2.36. The van der Waals surface area contributed by atoms with E-state index in [0.717, 1.165) is 51.2 Å². The quantitative estimate of drug-likeness (QED) is 0.529. The topological polar surface area (TPSA) is 107 Å². The molecule has 0 amide bonds. The molecule has 9 heteroatoms. The molecule has 2 aromatic rings. The first-order valence-electron chi connectivity index (χ1n) is 11.0. The maximum Gasteiger partial charge on any atom is 0.158 e. The molecular formula is C23H27N7O2. The van der Waals surface area contributed by atoms with Crippen molar-refractivity contribution in [2.24, 2.45) is 10.6 Å². The van der Waals surface area contributed by atoms with Gasteiger partial charge in [0.2, 0.25) is 0 Å². The minimum atomic E-state index is -0.0626. The number of hydrogen-bond acceptors (Lipinski definition) is 9. The Balaban J connectivity index is 1.43. The standard InChI is InChI=1S/C23H27N7O2/c1-29-8-4-16-2-3-17(12-20(16)29)26-21-18(13-24)28-22(19(27-21)14-25-31)30-9-5-23(6-10-30)7-11-32-15-23/h2-3,7,11-13,24H,4-6,8-10,14-15H2,1H3,(H,26,27). The van der Waals surface area contributed by atoms with E-state index < -0.39 is 0 Å². The van der Waals surface area contributed by atoms with Gasteiger partial charge in [0.1, 0.15) is 17.9 Å². The Morgan fingerprint density at radius 1 is 1.28 bits per heavy atom. The first-order valence-corrected chi connectivity index (χ1v) is 11.0. The van der Waals surface area contributed by atoms with Gasteiger partial charge in [-0.1, -0.05) is 11.2 Å². The SMILES string of the molecule is CN1CCc2ccc(Nc3nc(CN=O)c(N4CCC5(C=COC5)CC4)nc3C=N)cc21. The number of ether oxygens (including phenoxy) is 1. The maximum absolute atomic E-state index is 11.2. The second kappa shape index (κ2) is 8.22. The molecule has 9 nitrogen and oxygen atoms in total. The van der Waals surface area contributed by atoms with Crippen LogP contribution in [0.25, 0.3) is 0 Å². The average Bonchev–Trinajstić information content (AvgIpc) is 3.42. The van der Waals surface area contributed by atoms with Gasteiger partial charge in [0.25, 0.3) is 0 Å². The lowest BCUT2D eigenvalue weighted by Gasteiger charge is -2.38. The molecular weight excluding hydrogens is 406 g/mol. The van der Waals surface area contributed by atoms with E-state index in [-0.39, 0.29) is 12.0 Å². The van der Waals surface area contributed by atoms with E-state index in [9.17, 15) is 4.91 Å². The van der Waals surface area contributed by atoms with Gasteiger partial charge in [-0.25, -0.2) is 9.97 Å². The molecule has 0 aliphatic carbocycles. The van der Waals surface area contributed by atoms with Crippen molar-refractivity contribution in [3.05, 3.63) is 52.4 Å². The van der Waals surface area contributed by atoms with Crippen LogP contribution in [0.5, 0.6) is 0 Å². The number of benzene rings is 1. The van der Waals surface area contributed by atoms with E-state index in [2.05, 4.69) is 45.5 Å². The molecule has 3 aliphatic heterocycles. The number of rotatable bonds is 6. The second-order valence-corrected chi connectivity index (χ2v) is 8.76. The third-order valence-electron chi connectivity index (χ3n) is 6.75. The van der Waals surface area contributed by atoms with E-state index in [1.165, 1.54) is 17.5 Å². The summed E-state index contributed by atoms with van der Waals surface area (Å²) in [5.41, 5.74) is 4.45. The first-order chi connectivity index (χ1) is 15.6. The van der Waals surface area contributed by atoms with Gasteiger partial charge in [-0.15, -0.1) is 0 Å². The van der Waals surface area contributed by atoms with Crippen LogP contribution < -0.4 is 15.1 Å². The summed E-state index contributed by atoms with van der Waals surface area (Å²) in [5.74, 6) is 1.10. The van der Waals surface area contributed by atoms with Gasteiger partial charge in [0.05, 0.1) is 12.9 Å². The van der Waals surface area contributed by atoms with E-state index in [1.54, 1.807) is 6.26 Å². The molecule has 0 unspecified atom stereocenters. The number of nitroso groups, excluding NO2 is 1. The summed E-state index contributed by atoms with van der Waals surface area (Å²) < 4.78 is 5.46. The van der Waals surface area contributed by atoms with Crippen LogP contribution in [0, 0.1) is 15.7 Å². The summed E-state index contributed by atoms with van der Waals surface area (Å²) in [6, 6.07) is 6.22. The molecule has 1 fully saturated rings. The van der Waals surface area contributed by atoms with Crippen LogP contribution in [0.3, 0.4) is 0 Å². The summed E-state index contributed by atoms with van der Waals surface area (Å²) in [6.45, 7) is 3.24. The molecule has 32 heavy (non-hydrogen) atoms. The van der Waals surface area contributed by atoms with Crippen molar-refractivity contribution in [3.8, 4) is 0 Å². The average molecular weight is 434 g/mol. The lowest BCUT2D eigenvalue weighted by Crippen LogP contribution is -2.41. The molecule has 3 aliphatic rings. The van der Waals surface area contributed by atoms with Crippen LogP contribution in [0.15, 0.2) is 35.7 Å². The predicted molar refractivity (Wildman–Crippen MR) is 125 cm³/mol. The Bertz CT molecular complexity index is 1080. The maximum atomic E-state index is 11.2. The Labute approximate surface area is 187 Å². The summed E-state index contributed by atoms with van der Waals surface area (Å²) in [4.78, 5) is 25.0. The van der Waals surface area contributed by atoms with Gasteiger partial charge in [0, 0.05) is 49.7 Å². The Morgan fingerprint density at radius 2 is 2.12 bits per heavy atom. The molecule has 1 aromatic heterocycles. The number of fused-ring (bicyclic) bond motifs is 1. The van der Waals surface area contributed by atoms with Crippen LogP contribution in [-0.4, -0.2) is 49.5 Å². The molecule has 0 bridgehead atoms. The van der Waals surface area contributed by atoms with Gasteiger partial charge in [-0.2, -0.15) is 4.91 Å². The fourth-order valence-corrected chi connectivity index (χ4v) is 4.77. The highest BCUT2D eigenvalue weighted by atomic mass is 16.5. The third-order valence-corrected chi connectivity index (χ3v) is 6.75. The van der Waals surface area contributed by atoms with E-state index >= 15 is 0 Å². The van der Waals surface area contributed by atoms with Crippen molar-refractivity contribution < 1.29 is 4.74 Å². The van der Waals surface area contributed by atoms with Crippen LogP contribution in [0.4, 0.5) is 23.0 Å². The zero-order valence-electron chi connectivity index (χ0n) is 18.2. The molecule has 1 aromatic carbocycles. The predicted octanol–water partition coefficient (Wildman–Crippen LogP) is 3.61. The highest BCUT2D eigenvalue weighted by Crippen LogP contribution is 2.38. The van der Waals surface area contributed by atoms with Crippen molar-refractivity contribution in [1.29, 1.82) is 5.41 Å². The monoisotopic (exact) mass is 433 g/mol. The Kier molecular flexibility index (Phi) is 5.24. The number of piperidine rings is 1. The summed E-state index contributed by atoms with van der Waals surface area (Å²) in [6.07, 6.45) is 8.09. The zero-order chi connectivity index (χ0) is 22.1. The number of aromatic nitrogens is 2. The van der Waals surface area contributed by atoms with Crippen molar-refractivity contribution in [2.75, 3.05) is 48.4 Å². The van der Waals surface area contributed by atoms with Crippen LogP contribution in [-0.2, 0) is 17.7 Å². The summed E-state index contributed by atoms with van der Waals surface area (Å²) in [5, 5.41) is 14.3. The number of hydrogen-bond donors (Lipinski definition) is 2. The Morgan fingerprint density at radius 3 is 2.84 bits per heavy atom. The van der Waals surface area contributed by atoms with Gasteiger partial charge in [0.15, 0.2) is 11.6 Å². The van der Waals surface area contributed by atoms with Gasteiger partial charge in [-0.05, 0) is 43.0 Å². The number of nitrogens with zero attached hydrogens (tertiary/aromatic N) is 5. The molecule has 0 atom stereocenters. The van der Waals surface area contributed by atoms with Crippen molar-refractivity contribution in [2.45, 2.75) is 25.8 Å². The number of likely N-dealkylation sites (N-methyl/N-ethyl adjacent to an activating group) is 1. The van der Waals surface area contributed by atoms with Gasteiger partial charge < -0.3 is 25.3 Å². The second-order valence-electron chi connectivity index (χ2n) is 8.76. The summed E-state index contributed by atoms with van der Waals surface area (Å²) in [7, 11) is 2.08.